The molecule has 2 aromatic heterocycles. The molecule has 0 radical (unpaired) electrons. The second-order valence-electron chi connectivity index (χ2n) is 10.4. The fraction of sp³-hybridized carbons (Fsp3) is 0.469. The van der Waals surface area contributed by atoms with Gasteiger partial charge < -0.3 is 39.4 Å². The molecule has 2 aromatic carbocycles. The van der Waals surface area contributed by atoms with Crippen LogP contribution in [0.3, 0.4) is 0 Å². The number of rotatable bonds is 18. The van der Waals surface area contributed by atoms with Gasteiger partial charge in [-0.25, -0.2) is 14.6 Å². The third-order valence-electron chi connectivity index (χ3n) is 7.43. The molecule has 5 rings (SSSR count). The largest absolute Gasteiger partial charge is 0.457 e. The van der Waals surface area contributed by atoms with E-state index in [9.17, 15) is 0 Å². The maximum atomic E-state index is 8.65. The number of nitrogen functional groups attached to an aromatic ring is 1. The van der Waals surface area contributed by atoms with Gasteiger partial charge in [0, 0.05) is 25.2 Å². The number of hydrogen-bond acceptors (Lipinski definition) is 11. The van der Waals surface area contributed by atoms with Crippen LogP contribution in [-0.2, 0) is 18.9 Å². The Hall–Kier alpha value is -3.65. The standard InChI is InChI=1S/C32H42N6O6/c33-31-29-30(25-6-8-28(9-7-25)44-27-4-2-1-3-5-27)36-38(32(29)35-24-34-31)26-10-12-37(13-11-26)14-16-40-18-20-42-22-23-43-21-19-41-17-15-39/h1-9,24,26,39H,10-23H2,(H2,33,34,35). The van der Waals surface area contributed by atoms with E-state index in [1.807, 2.05) is 59.3 Å². The van der Waals surface area contributed by atoms with Gasteiger partial charge in [0.15, 0.2) is 5.65 Å². The minimum atomic E-state index is 0.0278. The van der Waals surface area contributed by atoms with Crippen LogP contribution in [0.5, 0.6) is 11.5 Å². The van der Waals surface area contributed by atoms with Crippen molar-refractivity contribution in [3.63, 3.8) is 0 Å². The molecule has 0 amide bonds. The van der Waals surface area contributed by atoms with Crippen LogP contribution >= 0.6 is 0 Å². The number of nitrogens with zero attached hydrogens (tertiary/aromatic N) is 5. The summed E-state index contributed by atoms with van der Waals surface area (Å²) >= 11 is 0. The summed E-state index contributed by atoms with van der Waals surface area (Å²) in [5.74, 6) is 1.96. The van der Waals surface area contributed by atoms with Crippen molar-refractivity contribution in [3.05, 3.63) is 60.9 Å². The highest BCUT2D eigenvalue weighted by Gasteiger charge is 2.26. The Kier molecular flexibility index (Phi) is 12.3. The second-order valence-corrected chi connectivity index (χ2v) is 10.4. The zero-order chi connectivity index (χ0) is 30.4. The highest BCUT2D eigenvalue weighted by molar-refractivity contribution is 5.98. The van der Waals surface area contributed by atoms with Crippen LogP contribution in [0.1, 0.15) is 18.9 Å². The van der Waals surface area contributed by atoms with Crippen LogP contribution in [0.4, 0.5) is 5.82 Å². The molecule has 1 aliphatic heterocycles. The SMILES string of the molecule is Nc1ncnc2c1c(-c1ccc(Oc3ccccc3)cc1)nn2C1CCN(CCOCCOCCOCCOCCO)CC1. The van der Waals surface area contributed by atoms with Gasteiger partial charge in [-0.1, -0.05) is 18.2 Å². The Balaban J connectivity index is 1.07. The first-order chi connectivity index (χ1) is 21.7. The van der Waals surface area contributed by atoms with Gasteiger partial charge in [0.2, 0.25) is 0 Å². The Morgan fingerprint density at radius 3 is 2.02 bits per heavy atom. The number of likely N-dealkylation sites (tertiary alicyclic amines) is 1. The summed E-state index contributed by atoms with van der Waals surface area (Å²) in [4.78, 5) is 11.3. The van der Waals surface area contributed by atoms with Gasteiger partial charge in [-0.2, -0.15) is 5.10 Å². The fourth-order valence-corrected chi connectivity index (χ4v) is 5.17. The summed E-state index contributed by atoms with van der Waals surface area (Å²) in [5, 5.41) is 14.5. The van der Waals surface area contributed by atoms with Crippen LogP contribution < -0.4 is 10.5 Å². The molecule has 1 saturated heterocycles. The summed E-state index contributed by atoms with van der Waals surface area (Å²) < 4.78 is 29.8. The van der Waals surface area contributed by atoms with Gasteiger partial charge >= 0.3 is 0 Å². The summed E-state index contributed by atoms with van der Waals surface area (Å²) in [6.07, 6.45) is 3.42. The monoisotopic (exact) mass is 606 g/mol. The number of aromatic nitrogens is 4. The van der Waals surface area contributed by atoms with Gasteiger partial charge in [0.25, 0.3) is 0 Å². The Labute approximate surface area is 257 Å². The number of hydrogen-bond donors (Lipinski definition) is 2. The van der Waals surface area contributed by atoms with Crippen molar-refractivity contribution in [2.75, 3.05) is 84.8 Å². The van der Waals surface area contributed by atoms with E-state index in [0.717, 1.165) is 66.3 Å². The van der Waals surface area contributed by atoms with Gasteiger partial charge in [-0.15, -0.1) is 0 Å². The lowest BCUT2D eigenvalue weighted by molar-refractivity contribution is -0.00781. The van der Waals surface area contributed by atoms with Crippen molar-refractivity contribution in [3.8, 4) is 22.8 Å². The molecular formula is C32H42N6O6. The van der Waals surface area contributed by atoms with Crippen molar-refractivity contribution in [1.82, 2.24) is 24.6 Å². The first-order valence-corrected chi connectivity index (χ1v) is 15.2. The molecule has 236 valence electrons. The minimum Gasteiger partial charge on any atom is -0.457 e. The minimum absolute atomic E-state index is 0.0278. The first-order valence-electron chi connectivity index (χ1n) is 15.2. The first kappa shape index (κ1) is 31.8. The number of ether oxygens (including phenoxy) is 5. The highest BCUT2D eigenvalue weighted by atomic mass is 16.6. The van der Waals surface area contributed by atoms with E-state index in [1.54, 1.807) is 0 Å². The molecule has 12 nitrogen and oxygen atoms in total. The molecule has 0 unspecified atom stereocenters. The van der Waals surface area contributed by atoms with Gasteiger partial charge in [-0.05, 0) is 49.2 Å². The van der Waals surface area contributed by atoms with Gasteiger partial charge in [0.05, 0.1) is 70.9 Å². The number of fused-ring (bicyclic) bond motifs is 1. The van der Waals surface area contributed by atoms with Crippen LogP contribution in [0.25, 0.3) is 22.3 Å². The Bertz CT molecular complexity index is 1400. The number of anilines is 1. The zero-order valence-corrected chi connectivity index (χ0v) is 25.1. The molecule has 0 atom stereocenters. The third-order valence-corrected chi connectivity index (χ3v) is 7.43. The molecule has 0 spiro atoms. The van der Waals surface area contributed by atoms with E-state index in [2.05, 4.69) is 14.9 Å². The third kappa shape index (κ3) is 8.94. The number of benzene rings is 2. The Morgan fingerprint density at radius 2 is 1.36 bits per heavy atom. The molecule has 1 aliphatic rings. The van der Waals surface area contributed by atoms with E-state index < -0.39 is 0 Å². The molecule has 4 aromatic rings. The normalized spacial score (nSPS) is 14.4. The number of para-hydroxylation sites is 1. The molecule has 0 aliphatic carbocycles. The van der Waals surface area contributed by atoms with Crippen LogP contribution in [-0.4, -0.2) is 109 Å². The van der Waals surface area contributed by atoms with Crippen molar-refractivity contribution < 1.29 is 28.8 Å². The van der Waals surface area contributed by atoms with Crippen molar-refractivity contribution in [1.29, 1.82) is 0 Å². The highest BCUT2D eigenvalue weighted by Crippen LogP contribution is 2.35. The number of aliphatic hydroxyl groups excluding tert-OH is 1. The molecule has 3 heterocycles. The van der Waals surface area contributed by atoms with E-state index in [0.29, 0.717) is 58.7 Å². The lowest BCUT2D eigenvalue weighted by Gasteiger charge is -2.32. The predicted octanol–water partition coefficient (Wildman–Crippen LogP) is 3.56. The molecular weight excluding hydrogens is 564 g/mol. The maximum Gasteiger partial charge on any atom is 0.164 e. The summed E-state index contributed by atoms with van der Waals surface area (Å²) in [7, 11) is 0. The van der Waals surface area contributed by atoms with E-state index in [-0.39, 0.29) is 12.6 Å². The average Bonchev–Trinajstić information content (AvgIpc) is 3.45. The topological polar surface area (TPSA) is 139 Å². The lowest BCUT2D eigenvalue weighted by Crippen LogP contribution is -2.37. The van der Waals surface area contributed by atoms with E-state index in [1.165, 1.54) is 6.33 Å². The molecule has 1 fully saturated rings. The predicted molar refractivity (Wildman–Crippen MR) is 167 cm³/mol. The number of aliphatic hydroxyl groups is 1. The maximum absolute atomic E-state index is 8.65. The number of nitrogens with two attached hydrogens (primary N) is 1. The van der Waals surface area contributed by atoms with Crippen LogP contribution in [0, 0.1) is 0 Å². The smallest absolute Gasteiger partial charge is 0.164 e. The van der Waals surface area contributed by atoms with Crippen LogP contribution in [0.2, 0.25) is 0 Å². The van der Waals surface area contributed by atoms with Crippen LogP contribution in [0.15, 0.2) is 60.9 Å². The van der Waals surface area contributed by atoms with E-state index in [4.69, 9.17) is 39.6 Å². The summed E-state index contributed by atoms with van der Waals surface area (Å²) in [5.41, 5.74) is 8.83. The van der Waals surface area contributed by atoms with E-state index >= 15 is 0 Å². The average molecular weight is 607 g/mol. The number of piperidine rings is 1. The Morgan fingerprint density at radius 1 is 0.750 bits per heavy atom. The fourth-order valence-electron chi connectivity index (χ4n) is 5.17. The van der Waals surface area contributed by atoms with Crippen molar-refractivity contribution in [2.45, 2.75) is 18.9 Å². The molecule has 0 bridgehead atoms. The second kappa shape index (κ2) is 17.0. The molecule has 12 heteroatoms. The molecule has 44 heavy (non-hydrogen) atoms. The van der Waals surface area contributed by atoms with Gasteiger partial charge in [-0.3, -0.25) is 0 Å². The summed E-state index contributed by atoms with van der Waals surface area (Å²) in [6.45, 7) is 6.90. The van der Waals surface area contributed by atoms with Crippen molar-refractivity contribution in [2.24, 2.45) is 0 Å². The molecule has 3 N–H and O–H groups in total. The zero-order valence-electron chi connectivity index (χ0n) is 25.1. The lowest BCUT2D eigenvalue weighted by atomic mass is 10.1. The molecule has 0 saturated carbocycles. The van der Waals surface area contributed by atoms with Crippen molar-refractivity contribution >= 4 is 16.9 Å². The summed E-state index contributed by atoms with van der Waals surface area (Å²) in [6, 6.07) is 17.8. The quantitative estimate of drug-likeness (QED) is 0.161. The van der Waals surface area contributed by atoms with Gasteiger partial charge in [0.1, 0.15) is 29.3 Å².